The Bertz CT molecular complexity index is 357. The normalized spacial score (nSPS) is 17.5. The molecule has 1 fully saturated rings. The monoisotopic (exact) mass is 371 g/mol. The van der Waals surface area contributed by atoms with Crippen LogP contribution in [-0.4, -0.2) is 43.1 Å². The van der Waals surface area contributed by atoms with E-state index in [0.717, 1.165) is 44.9 Å². The number of ether oxygens (including phenoxy) is 1. The summed E-state index contributed by atoms with van der Waals surface area (Å²) >= 11 is 0. The van der Waals surface area contributed by atoms with Gasteiger partial charge < -0.3 is 20.2 Å². The summed E-state index contributed by atoms with van der Waals surface area (Å²) in [6, 6.07) is 0. The van der Waals surface area contributed by atoms with Crippen molar-refractivity contribution >= 4 is 12.2 Å². The van der Waals surface area contributed by atoms with Crippen LogP contribution in [0.2, 0.25) is 0 Å². The first-order valence-electron chi connectivity index (χ1n) is 10.3. The summed E-state index contributed by atoms with van der Waals surface area (Å²) in [5.74, 6) is 0. The number of hydrogen-bond donors (Lipinski definition) is 2. The van der Waals surface area contributed by atoms with Crippen LogP contribution in [0, 0.1) is 0 Å². The molecule has 0 aromatic carbocycles. The molecule has 152 valence electrons. The minimum absolute atomic E-state index is 0.443. The Morgan fingerprint density at radius 1 is 0.885 bits per heavy atom. The molecule has 2 amide bonds. The Kier molecular flexibility index (Phi) is 12.7. The highest BCUT2D eigenvalue weighted by Crippen LogP contribution is 2.18. The summed E-state index contributed by atoms with van der Waals surface area (Å²) in [5, 5.41) is 7.02. The molecule has 1 atom stereocenters. The van der Waals surface area contributed by atoms with Crippen LogP contribution in [0.3, 0.4) is 0 Å². The second-order valence-electron chi connectivity index (χ2n) is 6.85. The molecule has 1 unspecified atom stereocenters. The van der Waals surface area contributed by atoms with Crippen molar-refractivity contribution in [3.05, 3.63) is 0 Å². The molecule has 26 heavy (non-hydrogen) atoms. The third-order valence-electron chi connectivity index (χ3n) is 4.44. The van der Waals surface area contributed by atoms with Crippen LogP contribution in [0.15, 0.2) is 0 Å². The molecule has 0 aliphatic carbocycles. The maximum Gasteiger partial charge on any atom is 0.426 e. The van der Waals surface area contributed by atoms with Crippen molar-refractivity contribution in [3.63, 3.8) is 0 Å². The Morgan fingerprint density at radius 3 is 2.12 bits per heavy atom. The molecule has 7 heteroatoms. The predicted octanol–water partition coefficient (Wildman–Crippen LogP) is 4.33. The van der Waals surface area contributed by atoms with Gasteiger partial charge in [-0.1, -0.05) is 57.4 Å². The molecule has 0 aromatic heterocycles. The van der Waals surface area contributed by atoms with E-state index >= 15 is 0 Å². The lowest BCUT2D eigenvalue weighted by atomic mass is 10.1. The number of piperidine rings is 1. The SMILES string of the molecule is CCCCCCNC(=O)OC1CCCCN1OC(=O)NCCCCCC. The lowest BCUT2D eigenvalue weighted by Crippen LogP contribution is -2.46. The minimum atomic E-state index is -0.509. The van der Waals surface area contributed by atoms with Crippen LogP contribution in [0.1, 0.15) is 84.5 Å². The van der Waals surface area contributed by atoms with Gasteiger partial charge in [0.1, 0.15) is 0 Å². The molecule has 0 radical (unpaired) electrons. The van der Waals surface area contributed by atoms with Gasteiger partial charge in [-0.05, 0) is 25.7 Å². The van der Waals surface area contributed by atoms with E-state index in [2.05, 4.69) is 24.5 Å². The van der Waals surface area contributed by atoms with Crippen molar-refractivity contribution in [2.45, 2.75) is 90.7 Å². The van der Waals surface area contributed by atoms with E-state index in [1.807, 2.05) is 0 Å². The highest BCUT2D eigenvalue weighted by molar-refractivity contribution is 5.67. The smallest absolute Gasteiger partial charge is 0.426 e. The number of amides is 2. The number of hydrogen-bond acceptors (Lipinski definition) is 5. The van der Waals surface area contributed by atoms with Gasteiger partial charge >= 0.3 is 12.2 Å². The van der Waals surface area contributed by atoms with Gasteiger partial charge in [0.2, 0.25) is 0 Å². The topological polar surface area (TPSA) is 79.9 Å². The van der Waals surface area contributed by atoms with Crippen molar-refractivity contribution in [1.82, 2.24) is 15.7 Å². The number of nitrogens with one attached hydrogen (secondary N) is 2. The number of unbranched alkanes of at least 4 members (excludes halogenated alkanes) is 6. The van der Waals surface area contributed by atoms with Crippen LogP contribution in [0.5, 0.6) is 0 Å². The number of carbonyl (C=O) groups excluding carboxylic acids is 2. The molecule has 1 heterocycles. The Morgan fingerprint density at radius 2 is 1.50 bits per heavy atom. The van der Waals surface area contributed by atoms with Crippen molar-refractivity contribution in [3.8, 4) is 0 Å². The lowest BCUT2D eigenvalue weighted by molar-refractivity contribution is -0.208. The Balaban J connectivity index is 2.25. The number of hydroxylamine groups is 2. The second kappa shape index (κ2) is 14.6. The molecule has 1 aliphatic heterocycles. The third kappa shape index (κ3) is 10.5. The largest absolute Gasteiger partial charge is 0.427 e. The van der Waals surface area contributed by atoms with Crippen molar-refractivity contribution in [2.24, 2.45) is 0 Å². The number of carbonyl (C=O) groups is 2. The minimum Gasteiger partial charge on any atom is -0.427 e. The highest BCUT2D eigenvalue weighted by atomic mass is 16.8. The fourth-order valence-electron chi connectivity index (χ4n) is 2.89. The molecule has 0 saturated carbocycles. The zero-order valence-electron chi connectivity index (χ0n) is 16.6. The zero-order chi connectivity index (χ0) is 19.0. The third-order valence-corrected chi connectivity index (χ3v) is 4.44. The Hall–Kier alpha value is -1.50. The summed E-state index contributed by atoms with van der Waals surface area (Å²) in [6.07, 6.45) is 9.90. The van der Waals surface area contributed by atoms with Gasteiger partial charge in [-0.3, -0.25) is 0 Å². The summed E-state index contributed by atoms with van der Waals surface area (Å²) in [4.78, 5) is 29.2. The molecule has 1 rings (SSSR count). The van der Waals surface area contributed by atoms with Crippen molar-refractivity contribution < 1.29 is 19.2 Å². The first kappa shape index (κ1) is 22.5. The van der Waals surface area contributed by atoms with E-state index < -0.39 is 18.4 Å². The quantitative estimate of drug-likeness (QED) is 0.499. The van der Waals surface area contributed by atoms with E-state index in [4.69, 9.17) is 9.57 Å². The lowest BCUT2D eigenvalue weighted by Gasteiger charge is -2.32. The van der Waals surface area contributed by atoms with E-state index in [-0.39, 0.29) is 0 Å². The van der Waals surface area contributed by atoms with Crippen LogP contribution >= 0.6 is 0 Å². The standard InChI is InChI=1S/C19H37N3O4/c1-3-5-7-10-14-20-18(23)25-17-13-9-12-16-22(17)26-19(24)21-15-11-8-6-4-2/h17H,3-16H2,1-2H3,(H,20,23)(H,21,24). The van der Waals surface area contributed by atoms with Crippen molar-refractivity contribution in [1.29, 1.82) is 0 Å². The van der Waals surface area contributed by atoms with Gasteiger partial charge in [-0.25, -0.2) is 9.59 Å². The van der Waals surface area contributed by atoms with Crippen LogP contribution in [0.4, 0.5) is 9.59 Å². The maximum atomic E-state index is 11.9. The average Bonchev–Trinajstić information content (AvgIpc) is 2.63. The molecular formula is C19H37N3O4. The van der Waals surface area contributed by atoms with Gasteiger partial charge in [0.05, 0.1) is 0 Å². The van der Waals surface area contributed by atoms with Gasteiger partial charge in [0, 0.05) is 26.1 Å². The molecule has 1 saturated heterocycles. The molecule has 1 aliphatic rings. The Labute approximate surface area is 158 Å². The fourth-order valence-corrected chi connectivity index (χ4v) is 2.89. The molecule has 0 spiro atoms. The van der Waals surface area contributed by atoms with E-state index in [9.17, 15) is 9.59 Å². The summed E-state index contributed by atoms with van der Waals surface area (Å²) in [6.45, 7) is 6.11. The molecule has 0 bridgehead atoms. The molecule has 2 N–H and O–H groups in total. The van der Waals surface area contributed by atoms with E-state index in [1.165, 1.54) is 24.3 Å². The van der Waals surface area contributed by atoms with Crippen molar-refractivity contribution in [2.75, 3.05) is 19.6 Å². The van der Waals surface area contributed by atoms with Crippen LogP contribution in [0.25, 0.3) is 0 Å². The van der Waals surface area contributed by atoms with Crippen LogP contribution < -0.4 is 10.6 Å². The van der Waals surface area contributed by atoms with E-state index in [1.54, 1.807) is 0 Å². The van der Waals surface area contributed by atoms with Gasteiger partial charge in [-0.2, -0.15) is 0 Å². The van der Waals surface area contributed by atoms with Gasteiger partial charge in [0.15, 0.2) is 6.23 Å². The molecule has 0 aromatic rings. The number of alkyl carbamates (subject to hydrolysis) is 1. The number of nitrogens with zero attached hydrogens (tertiary/aromatic N) is 1. The summed E-state index contributed by atoms with van der Waals surface area (Å²) in [7, 11) is 0. The van der Waals surface area contributed by atoms with E-state index in [0.29, 0.717) is 26.1 Å². The first-order valence-corrected chi connectivity index (χ1v) is 10.3. The summed E-state index contributed by atoms with van der Waals surface area (Å²) in [5.41, 5.74) is 0. The maximum absolute atomic E-state index is 11.9. The number of rotatable bonds is 12. The summed E-state index contributed by atoms with van der Waals surface area (Å²) < 4.78 is 5.44. The van der Waals surface area contributed by atoms with Gasteiger partial charge in [0.25, 0.3) is 0 Å². The molecular weight excluding hydrogens is 334 g/mol. The van der Waals surface area contributed by atoms with Crippen LogP contribution in [-0.2, 0) is 9.57 Å². The predicted molar refractivity (Wildman–Crippen MR) is 102 cm³/mol. The molecule has 7 nitrogen and oxygen atoms in total. The fraction of sp³-hybridized carbons (Fsp3) is 0.895. The second-order valence-corrected chi connectivity index (χ2v) is 6.85. The zero-order valence-corrected chi connectivity index (χ0v) is 16.6. The first-order chi connectivity index (χ1) is 12.7. The average molecular weight is 372 g/mol. The highest BCUT2D eigenvalue weighted by Gasteiger charge is 2.29. The van der Waals surface area contributed by atoms with Gasteiger partial charge in [-0.15, -0.1) is 0 Å².